The van der Waals surface area contributed by atoms with E-state index in [0.29, 0.717) is 11.3 Å². The van der Waals surface area contributed by atoms with Gasteiger partial charge in [-0.25, -0.2) is 14.1 Å². The van der Waals surface area contributed by atoms with E-state index in [1.807, 2.05) is 0 Å². The summed E-state index contributed by atoms with van der Waals surface area (Å²) in [7, 11) is 1.31. The second-order valence-corrected chi connectivity index (χ2v) is 5.23. The number of benzene rings is 2. The van der Waals surface area contributed by atoms with Crippen LogP contribution in [0.3, 0.4) is 0 Å². The second-order valence-electron chi connectivity index (χ2n) is 5.23. The fraction of sp³-hybridized carbons (Fsp3) is 0.0556. The van der Waals surface area contributed by atoms with Gasteiger partial charge in [0.05, 0.1) is 5.69 Å². The summed E-state index contributed by atoms with van der Waals surface area (Å²) >= 11 is 0. The number of para-hydroxylation sites is 1. The van der Waals surface area contributed by atoms with Crippen molar-refractivity contribution < 1.29 is 18.8 Å². The van der Waals surface area contributed by atoms with Crippen LogP contribution in [0.1, 0.15) is 5.56 Å². The lowest BCUT2D eigenvalue weighted by atomic mass is 10.1. The maximum absolute atomic E-state index is 13.0. The lowest BCUT2D eigenvalue weighted by molar-refractivity contribution is -0.128. The Balaban J connectivity index is 2.06. The molecule has 0 spiro atoms. The zero-order valence-electron chi connectivity index (χ0n) is 12.8. The number of hydrogen-bond acceptors (Lipinski definition) is 3. The highest BCUT2D eigenvalue weighted by Gasteiger charge is 2.40. The molecule has 0 aromatic heterocycles. The first-order chi connectivity index (χ1) is 11.5. The summed E-state index contributed by atoms with van der Waals surface area (Å²) in [6.07, 6.45) is 1.35. The van der Waals surface area contributed by atoms with Crippen LogP contribution in [-0.4, -0.2) is 29.8 Å². The molecular formula is C18H13FN2O3. The van der Waals surface area contributed by atoms with Gasteiger partial charge in [-0.1, -0.05) is 30.3 Å². The van der Waals surface area contributed by atoms with E-state index >= 15 is 0 Å². The summed E-state index contributed by atoms with van der Waals surface area (Å²) in [4.78, 5) is 39.1. The molecule has 0 aliphatic carbocycles. The smallest absolute Gasteiger partial charge is 0.268 e. The molecule has 1 aliphatic rings. The average Bonchev–Trinajstić information content (AvgIpc) is 2.60. The monoisotopic (exact) mass is 324 g/mol. The third kappa shape index (κ3) is 2.69. The highest BCUT2D eigenvalue weighted by Crippen LogP contribution is 2.24. The number of carbonyl (C=O) groups is 3. The summed E-state index contributed by atoms with van der Waals surface area (Å²) in [6, 6.07) is 13.0. The number of imide groups is 2. The van der Waals surface area contributed by atoms with Crippen LogP contribution in [0.2, 0.25) is 0 Å². The Morgan fingerprint density at radius 3 is 2.12 bits per heavy atom. The van der Waals surface area contributed by atoms with Crippen molar-refractivity contribution in [1.29, 1.82) is 0 Å². The molecular weight excluding hydrogens is 311 g/mol. The van der Waals surface area contributed by atoms with Gasteiger partial charge >= 0.3 is 6.03 Å². The fourth-order valence-electron chi connectivity index (χ4n) is 2.37. The summed E-state index contributed by atoms with van der Waals surface area (Å²) < 4.78 is 13.0. The number of carbonyl (C=O) groups excluding carboxylic acids is 3. The number of rotatable bonds is 2. The van der Waals surface area contributed by atoms with Crippen molar-refractivity contribution in [3.05, 3.63) is 71.6 Å². The topological polar surface area (TPSA) is 57.7 Å². The highest BCUT2D eigenvalue weighted by molar-refractivity contribution is 6.38. The minimum absolute atomic E-state index is 0.160. The highest BCUT2D eigenvalue weighted by atomic mass is 19.1. The second kappa shape index (κ2) is 6.08. The van der Waals surface area contributed by atoms with Crippen LogP contribution in [0.15, 0.2) is 60.2 Å². The lowest BCUT2D eigenvalue weighted by Crippen LogP contribution is -2.55. The molecule has 24 heavy (non-hydrogen) atoms. The van der Waals surface area contributed by atoms with Gasteiger partial charge in [0, 0.05) is 7.05 Å². The number of anilines is 1. The van der Waals surface area contributed by atoms with Crippen molar-refractivity contribution in [3.8, 4) is 0 Å². The number of likely N-dealkylation sites (N-methyl/N-ethyl adjacent to an activating group) is 1. The molecule has 120 valence electrons. The molecule has 0 N–H and O–H groups in total. The summed E-state index contributed by atoms with van der Waals surface area (Å²) in [5.74, 6) is -1.82. The third-order valence-electron chi connectivity index (χ3n) is 3.64. The van der Waals surface area contributed by atoms with Crippen LogP contribution in [0.5, 0.6) is 0 Å². The maximum Gasteiger partial charge on any atom is 0.338 e. The molecule has 1 saturated heterocycles. The Bertz CT molecular complexity index is 844. The van der Waals surface area contributed by atoms with E-state index in [4.69, 9.17) is 0 Å². The van der Waals surface area contributed by atoms with Gasteiger partial charge in [-0.05, 0) is 35.9 Å². The molecule has 5 nitrogen and oxygen atoms in total. The number of urea groups is 1. The molecule has 0 bridgehead atoms. The molecule has 1 aliphatic heterocycles. The molecule has 2 aromatic rings. The SMILES string of the molecule is CN1C(=O)/C(=C/c2ccc(F)cc2)C(=O)N(c2ccccc2)C1=O. The van der Waals surface area contributed by atoms with Gasteiger partial charge in [0.2, 0.25) is 0 Å². The molecule has 6 heteroatoms. The predicted molar refractivity (Wildman–Crippen MR) is 86.5 cm³/mol. The zero-order chi connectivity index (χ0) is 17.3. The minimum Gasteiger partial charge on any atom is -0.268 e. The fourth-order valence-corrected chi connectivity index (χ4v) is 2.37. The van der Waals surface area contributed by atoms with Gasteiger partial charge in [0.15, 0.2) is 0 Å². The number of nitrogens with zero attached hydrogens (tertiary/aromatic N) is 2. The van der Waals surface area contributed by atoms with Crippen LogP contribution in [0.25, 0.3) is 6.08 Å². The van der Waals surface area contributed by atoms with Gasteiger partial charge in [-0.3, -0.25) is 14.5 Å². The quantitative estimate of drug-likeness (QED) is 0.630. The molecule has 0 saturated carbocycles. The van der Waals surface area contributed by atoms with E-state index in [-0.39, 0.29) is 5.57 Å². The van der Waals surface area contributed by atoms with Crippen LogP contribution in [-0.2, 0) is 9.59 Å². The van der Waals surface area contributed by atoms with E-state index in [1.54, 1.807) is 30.3 Å². The van der Waals surface area contributed by atoms with Gasteiger partial charge in [-0.2, -0.15) is 0 Å². The molecule has 0 radical (unpaired) electrons. The molecule has 0 atom stereocenters. The van der Waals surface area contributed by atoms with Crippen molar-refractivity contribution in [2.24, 2.45) is 0 Å². The summed E-state index contributed by atoms with van der Waals surface area (Å²) in [5, 5.41) is 0. The summed E-state index contributed by atoms with van der Waals surface area (Å²) in [6.45, 7) is 0. The Morgan fingerprint density at radius 1 is 0.875 bits per heavy atom. The molecule has 2 aromatic carbocycles. The minimum atomic E-state index is -0.715. The molecule has 1 fully saturated rings. The van der Waals surface area contributed by atoms with Gasteiger partial charge < -0.3 is 0 Å². The maximum atomic E-state index is 13.0. The first kappa shape index (κ1) is 15.6. The first-order valence-electron chi connectivity index (χ1n) is 7.18. The van der Waals surface area contributed by atoms with Crippen LogP contribution < -0.4 is 4.90 Å². The van der Waals surface area contributed by atoms with E-state index < -0.39 is 23.7 Å². The summed E-state index contributed by atoms with van der Waals surface area (Å²) in [5.41, 5.74) is 0.702. The van der Waals surface area contributed by atoms with Crippen molar-refractivity contribution in [1.82, 2.24) is 4.90 Å². The number of halogens is 1. The van der Waals surface area contributed by atoms with E-state index in [0.717, 1.165) is 9.80 Å². The van der Waals surface area contributed by atoms with E-state index in [1.165, 1.54) is 37.4 Å². The Hall–Kier alpha value is -3.28. The molecule has 1 heterocycles. The number of barbiturate groups is 1. The lowest BCUT2D eigenvalue weighted by Gasteiger charge is -2.31. The van der Waals surface area contributed by atoms with Crippen molar-refractivity contribution in [3.63, 3.8) is 0 Å². The standard InChI is InChI=1S/C18H13FN2O3/c1-20-16(22)15(11-12-7-9-13(19)10-8-12)17(23)21(18(20)24)14-5-3-2-4-6-14/h2-11H,1H3/b15-11-. The van der Waals surface area contributed by atoms with Crippen molar-refractivity contribution in [2.75, 3.05) is 11.9 Å². The molecule has 0 unspecified atom stereocenters. The number of hydrogen-bond donors (Lipinski definition) is 0. The van der Waals surface area contributed by atoms with Gasteiger partial charge in [0.25, 0.3) is 11.8 Å². The zero-order valence-corrected chi connectivity index (χ0v) is 12.8. The van der Waals surface area contributed by atoms with E-state index in [9.17, 15) is 18.8 Å². The van der Waals surface area contributed by atoms with Gasteiger partial charge in [-0.15, -0.1) is 0 Å². The molecule has 3 rings (SSSR count). The van der Waals surface area contributed by atoms with Crippen LogP contribution in [0.4, 0.5) is 14.9 Å². The Kier molecular flexibility index (Phi) is 3.95. The Labute approximate surface area is 137 Å². The first-order valence-corrected chi connectivity index (χ1v) is 7.18. The molecule has 4 amide bonds. The average molecular weight is 324 g/mol. The van der Waals surface area contributed by atoms with E-state index in [2.05, 4.69) is 0 Å². The van der Waals surface area contributed by atoms with Crippen LogP contribution >= 0.6 is 0 Å². The van der Waals surface area contributed by atoms with Crippen LogP contribution in [0, 0.1) is 5.82 Å². The number of amides is 4. The van der Waals surface area contributed by atoms with Gasteiger partial charge in [0.1, 0.15) is 11.4 Å². The predicted octanol–water partition coefficient (Wildman–Crippen LogP) is 2.83. The van der Waals surface area contributed by atoms with Crippen molar-refractivity contribution in [2.45, 2.75) is 0 Å². The normalized spacial score (nSPS) is 16.9. The van der Waals surface area contributed by atoms with Crippen molar-refractivity contribution >= 4 is 29.6 Å². The third-order valence-corrected chi connectivity index (χ3v) is 3.64. The largest absolute Gasteiger partial charge is 0.338 e. The Morgan fingerprint density at radius 2 is 1.50 bits per heavy atom.